The van der Waals surface area contributed by atoms with E-state index in [4.69, 9.17) is 5.73 Å². The van der Waals surface area contributed by atoms with Gasteiger partial charge in [-0.3, -0.25) is 9.48 Å². The minimum atomic E-state index is -4.79. The maximum absolute atomic E-state index is 13.7. The molecule has 0 fully saturated rings. The highest BCUT2D eigenvalue weighted by Crippen LogP contribution is 2.35. The first-order valence-corrected chi connectivity index (χ1v) is 6.71. The Morgan fingerprint density at radius 2 is 2.04 bits per heavy atom. The summed E-state index contributed by atoms with van der Waals surface area (Å²) in [6, 6.07) is 2.15. The molecule has 1 aliphatic heterocycles. The molecule has 2 N–H and O–H groups in total. The van der Waals surface area contributed by atoms with E-state index < -0.39 is 23.5 Å². The van der Waals surface area contributed by atoms with Gasteiger partial charge in [0, 0.05) is 12.2 Å². The minimum Gasteiger partial charge on any atom is -0.396 e. The van der Waals surface area contributed by atoms with Crippen molar-refractivity contribution >= 4 is 17.3 Å². The fourth-order valence-corrected chi connectivity index (χ4v) is 2.61. The molecule has 0 saturated carbocycles. The van der Waals surface area contributed by atoms with Crippen molar-refractivity contribution in [3.8, 4) is 0 Å². The quantitative estimate of drug-likeness (QED) is 0.819. The molecule has 1 amide bonds. The Bertz CT molecular complexity index is 784. The molecule has 3 rings (SSSR count). The molecule has 1 aromatic carbocycles. The molecule has 2 aromatic rings. The maximum Gasteiger partial charge on any atom is 0.419 e. The van der Waals surface area contributed by atoms with Crippen LogP contribution in [0, 0.1) is 5.82 Å². The third kappa shape index (κ3) is 2.41. The number of amides is 1. The van der Waals surface area contributed by atoms with Gasteiger partial charge in [-0.2, -0.15) is 18.3 Å². The summed E-state index contributed by atoms with van der Waals surface area (Å²) in [5, 5.41) is 4.00. The van der Waals surface area contributed by atoms with Gasteiger partial charge in [-0.1, -0.05) is 0 Å². The number of halogens is 4. The largest absolute Gasteiger partial charge is 0.419 e. The summed E-state index contributed by atoms with van der Waals surface area (Å²) in [6.07, 6.45) is -3.45. The van der Waals surface area contributed by atoms with Crippen molar-refractivity contribution in [1.82, 2.24) is 9.78 Å². The van der Waals surface area contributed by atoms with Gasteiger partial charge in [-0.15, -0.1) is 0 Å². The van der Waals surface area contributed by atoms with Crippen LogP contribution in [0.15, 0.2) is 24.4 Å². The lowest BCUT2D eigenvalue weighted by molar-refractivity contribution is -0.139. The molecule has 1 atom stereocenters. The van der Waals surface area contributed by atoms with Crippen LogP contribution < -0.4 is 10.6 Å². The number of carbonyl (C=O) groups excluding carboxylic acids is 1. The normalized spacial score (nSPS) is 18.2. The van der Waals surface area contributed by atoms with Gasteiger partial charge < -0.3 is 10.6 Å². The van der Waals surface area contributed by atoms with Gasteiger partial charge in [0.05, 0.1) is 23.5 Å². The highest BCUT2D eigenvalue weighted by atomic mass is 19.4. The molecule has 0 spiro atoms. The summed E-state index contributed by atoms with van der Waals surface area (Å²) in [4.78, 5) is 13.7. The summed E-state index contributed by atoms with van der Waals surface area (Å²) >= 11 is 0. The van der Waals surface area contributed by atoms with E-state index in [1.165, 1.54) is 15.8 Å². The predicted molar refractivity (Wildman–Crippen MR) is 74.4 cm³/mol. The summed E-state index contributed by atoms with van der Waals surface area (Å²) < 4.78 is 53.1. The molecule has 2 heterocycles. The first-order chi connectivity index (χ1) is 10.7. The molecule has 23 heavy (non-hydrogen) atoms. The SMILES string of the molecule is CC1CN(c2ccc(C(F)(F)F)c(F)c2)C(=O)c2c(N)cnn21. The Morgan fingerprint density at radius 1 is 1.35 bits per heavy atom. The summed E-state index contributed by atoms with van der Waals surface area (Å²) in [7, 11) is 0. The number of benzene rings is 1. The average molecular weight is 328 g/mol. The van der Waals surface area contributed by atoms with Gasteiger partial charge >= 0.3 is 6.18 Å². The summed E-state index contributed by atoms with van der Waals surface area (Å²) in [6.45, 7) is 1.92. The van der Waals surface area contributed by atoms with Crippen LogP contribution in [0.5, 0.6) is 0 Å². The van der Waals surface area contributed by atoms with E-state index in [9.17, 15) is 22.4 Å². The van der Waals surface area contributed by atoms with Gasteiger partial charge in [0.15, 0.2) is 0 Å². The number of alkyl halides is 3. The third-order valence-electron chi connectivity index (χ3n) is 3.71. The smallest absolute Gasteiger partial charge is 0.396 e. The summed E-state index contributed by atoms with van der Waals surface area (Å²) in [5.74, 6) is -1.96. The van der Waals surface area contributed by atoms with Crippen molar-refractivity contribution in [3.63, 3.8) is 0 Å². The standard InChI is InChI=1S/C14H12F4N4O/c1-7-6-21(13(23)12-11(19)5-20-22(7)12)8-2-3-9(10(15)4-8)14(16,17)18/h2-5,7H,6,19H2,1H3. The molecule has 0 aliphatic carbocycles. The van der Waals surface area contributed by atoms with E-state index in [1.54, 1.807) is 6.92 Å². The molecular weight excluding hydrogens is 316 g/mol. The van der Waals surface area contributed by atoms with Gasteiger partial charge in [0.25, 0.3) is 5.91 Å². The number of aromatic nitrogens is 2. The second kappa shape index (κ2) is 4.97. The molecular formula is C14H12F4N4O. The van der Waals surface area contributed by atoms with Crippen LogP contribution in [0.25, 0.3) is 0 Å². The van der Waals surface area contributed by atoms with E-state index in [0.29, 0.717) is 12.1 Å². The topological polar surface area (TPSA) is 64.2 Å². The first kappa shape index (κ1) is 15.3. The highest BCUT2D eigenvalue weighted by Gasteiger charge is 2.36. The van der Waals surface area contributed by atoms with Gasteiger partial charge in [0.1, 0.15) is 11.5 Å². The molecule has 5 nitrogen and oxygen atoms in total. The number of nitrogens with two attached hydrogens (primary N) is 1. The van der Waals surface area contributed by atoms with E-state index in [2.05, 4.69) is 5.10 Å². The van der Waals surface area contributed by atoms with Crippen LogP contribution in [0.3, 0.4) is 0 Å². The minimum absolute atomic E-state index is 0.0409. The predicted octanol–water partition coefficient (Wildman–Crippen LogP) is 2.84. The van der Waals surface area contributed by atoms with E-state index in [0.717, 1.165) is 6.07 Å². The van der Waals surface area contributed by atoms with Gasteiger partial charge in [-0.25, -0.2) is 4.39 Å². The van der Waals surface area contributed by atoms with Crippen LogP contribution in [0.4, 0.5) is 28.9 Å². The van der Waals surface area contributed by atoms with Crippen molar-refractivity contribution in [1.29, 1.82) is 0 Å². The molecule has 0 bridgehead atoms. The number of nitrogens with zero attached hydrogens (tertiary/aromatic N) is 3. The Balaban J connectivity index is 2.02. The second-order valence-corrected chi connectivity index (χ2v) is 5.32. The monoisotopic (exact) mass is 328 g/mol. The lowest BCUT2D eigenvalue weighted by Gasteiger charge is -2.32. The van der Waals surface area contributed by atoms with E-state index >= 15 is 0 Å². The number of anilines is 2. The van der Waals surface area contributed by atoms with Crippen molar-refractivity contribution in [3.05, 3.63) is 41.5 Å². The van der Waals surface area contributed by atoms with Crippen molar-refractivity contribution in [2.24, 2.45) is 0 Å². The Labute approximate surface area is 128 Å². The van der Waals surface area contributed by atoms with Crippen LogP contribution >= 0.6 is 0 Å². The second-order valence-electron chi connectivity index (χ2n) is 5.32. The van der Waals surface area contributed by atoms with Crippen LogP contribution in [0.2, 0.25) is 0 Å². The summed E-state index contributed by atoms with van der Waals surface area (Å²) in [5.41, 5.74) is 4.69. The lowest BCUT2D eigenvalue weighted by atomic mass is 10.1. The first-order valence-electron chi connectivity index (χ1n) is 6.71. The molecule has 0 radical (unpaired) electrons. The number of carbonyl (C=O) groups is 1. The van der Waals surface area contributed by atoms with Crippen molar-refractivity contribution in [2.75, 3.05) is 17.2 Å². The Hall–Kier alpha value is -2.58. The van der Waals surface area contributed by atoms with Crippen molar-refractivity contribution in [2.45, 2.75) is 19.1 Å². The molecule has 122 valence electrons. The average Bonchev–Trinajstić information content (AvgIpc) is 2.84. The number of rotatable bonds is 1. The molecule has 1 unspecified atom stereocenters. The van der Waals surface area contributed by atoms with Crippen LogP contribution in [0.1, 0.15) is 29.0 Å². The molecule has 9 heteroatoms. The van der Waals surface area contributed by atoms with Crippen LogP contribution in [-0.4, -0.2) is 22.2 Å². The van der Waals surface area contributed by atoms with Crippen LogP contribution in [-0.2, 0) is 6.18 Å². The van der Waals surface area contributed by atoms with E-state index in [1.807, 2.05) is 0 Å². The van der Waals surface area contributed by atoms with Gasteiger partial charge in [0.2, 0.25) is 0 Å². The fourth-order valence-electron chi connectivity index (χ4n) is 2.61. The Kier molecular flexibility index (Phi) is 3.31. The number of hydrogen-bond acceptors (Lipinski definition) is 3. The number of fused-ring (bicyclic) bond motifs is 1. The van der Waals surface area contributed by atoms with Gasteiger partial charge in [-0.05, 0) is 25.1 Å². The zero-order valence-electron chi connectivity index (χ0n) is 11.9. The number of hydrogen-bond donors (Lipinski definition) is 1. The zero-order valence-corrected chi connectivity index (χ0v) is 11.9. The van der Waals surface area contributed by atoms with Crippen molar-refractivity contribution < 1.29 is 22.4 Å². The number of nitrogen functional groups attached to an aromatic ring is 1. The van der Waals surface area contributed by atoms with E-state index in [-0.39, 0.29) is 29.7 Å². The maximum atomic E-state index is 13.7. The fraction of sp³-hybridized carbons (Fsp3) is 0.286. The Morgan fingerprint density at radius 3 is 2.65 bits per heavy atom. The molecule has 1 aromatic heterocycles. The third-order valence-corrected chi connectivity index (χ3v) is 3.71. The molecule has 1 aliphatic rings. The lowest BCUT2D eigenvalue weighted by Crippen LogP contribution is -2.43. The highest BCUT2D eigenvalue weighted by molar-refractivity contribution is 6.08. The zero-order chi connectivity index (χ0) is 16.9. The molecule has 0 saturated heterocycles.